The molecule has 2 rings (SSSR count). The van der Waals surface area contributed by atoms with Crippen LogP contribution in [0.2, 0.25) is 0 Å². The SMILES string of the molecule is COc1nsc(S(=O)(=O)CC2CCCCO2)n1. The Labute approximate surface area is 104 Å². The van der Waals surface area contributed by atoms with Gasteiger partial charge >= 0.3 is 6.01 Å². The summed E-state index contributed by atoms with van der Waals surface area (Å²) >= 11 is 0.840. The number of nitrogens with zero attached hydrogens (tertiary/aromatic N) is 2. The molecule has 1 fully saturated rings. The number of rotatable bonds is 4. The van der Waals surface area contributed by atoms with Crippen LogP contribution < -0.4 is 4.74 Å². The van der Waals surface area contributed by atoms with Gasteiger partial charge in [-0.15, -0.1) is 4.37 Å². The Kier molecular flexibility index (Phi) is 3.95. The van der Waals surface area contributed by atoms with Crippen molar-refractivity contribution in [3.05, 3.63) is 0 Å². The molecule has 1 unspecified atom stereocenters. The standard InChI is InChI=1S/C9H14N2O4S2/c1-14-8-10-9(16-11-8)17(12,13)6-7-4-2-3-5-15-7/h7H,2-6H2,1H3. The van der Waals surface area contributed by atoms with Crippen molar-refractivity contribution < 1.29 is 17.9 Å². The third-order valence-electron chi connectivity index (χ3n) is 2.52. The van der Waals surface area contributed by atoms with Gasteiger partial charge in [-0.05, 0) is 19.3 Å². The van der Waals surface area contributed by atoms with Crippen molar-refractivity contribution in [3.63, 3.8) is 0 Å². The maximum absolute atomic E-state index is 12.0. The first-order valence-electron chi connectivity index (χ1n) is 5.34. The molecule has 0 N–H and O–H groups in total. The lowest BCUT2D eigenvalue weighted by molar-refractivity contribution is 0.0305. The molecule has 0 bridgehead atoms. The van der Waals surface area contributed by atoms with E-state index in [1.807, 2.05) is 0 Å². The second kappa shape index (κ2) is 5.28. The van der Waals surface area contributed by atoms with E-state index in [9.17, 15) is 8.42 Å². The van der Waals surface area contributed by atoms with Gasteiger partial charge in [0, 0.05) is 18.1 Å². The zero-order chi connectivity index (χ0) is 12.3. The maximum atomic E-state index is 12.0. The molecule has 0 aliphatic carbocycles. The van der Waals surface area contributed by atoms with E-state index in [1.165, 1.54) is 7.11 Å². The van der Waals surface area contributed by atoms with Crippen molar-refractivity contribution in [3.8, 4) is 6.01 Å². The molecule has 2 heterocycles. The summed E-state index contributed by atoms with van der Waals surface area (Å²) in [6, 6.07) is 0.0955. The van der Waals surface area contributed by atoms with Crippen LogP contribution in [0.1, 0.15) is 19.3 Å². The van der Waals surface area contributed by atoms with E-state index in [-0.39, 0.29) is 22.2 Å². The van der Waals surface area contributed by atoms with Gasteiger partial charge in [0.1, 0.15) is 0 Å². The van der Waals surface area contributed by atoms with Crippen LogP contribution in [0.15, 0.2) is 4.34 Å². The average molecular weight is 278 g/mol. The smallest absolute Gasteiger partial charge is 0.329 e. The molecule has 0 spiro atoms. The van der Waals surface area contributed by atoms with Crippen molar-refractivity contribution in [1.29, 1.82) is 0 Å². The molecule has 96 valence electrons. The summed E-state index contributed by atoms with van der Waals surface area (Å²) in [5.41, 5.74) is 0. The molecular formula is C9H14N2O4S2. The lowest BCUT2D eigenvalue weighted by atomic mass is 10.1. The summed E-state index contributed by atoms with van der Waals surface area (Å²) in [5, 5.41) is 0. The van der Waals surface area contributed by atoms with Crippen LogP contribution >= 0.6 is 11.5 Å². The summed E-state index contributed by atoms with van der Waals surface area (Å²) in [6.07, 6.45) is 2.58. The zero-order valence-electron chi connectivity index (χ0n) is 9.46. The third kappa shape index (κ3) is 3.14. The summed E-state index contributed by atoms with van der Waals surface area (Å²) in [4.78, 5) is 3.81. The highest BCUT2D eigenvalue weighted by atomic mass is 32.2. The Balaban J connectivity index is 2.07. The minimum absolute atomic E-state index is 0.00326. The lowest BCUT2D eigenvalue weighted by Gasteiger charge is -2.21. The van der Waals surface area contributed by atoms with Gasteiger partial charge in [-0.2, -0.15) is 4.98 Å². The molecule has 0 aromatic carbocycles. The molecule has 1 saturated heterocycles. The molecule has 1 atom stereocenters. The van der Waals surface area contributed by atoms with Crippen molar-refractivity contribution in [2.24, 2.45) is 0 Å². The third-order valence-corrected chi connectivity index (χ3v) is 5.43. The normalized spacial score (nSPS) is 21.4. The van der Waals surface area contributed by atoms with E-state index in [1.54, 1.807) is 0 Å². The Bertz CT molecular complexity index is 465. The molecule has 1 aliphatic rings. The van der Waals surface area contributed by atoms with Crippen LogP contribution in [-0.2, 0) is 14.6 Å². The molecule has 1 aliphatic heterocycles. The molecule has 6 nitrogen and oxygen atoms in total. The molecule has 1 aromatic heterocycles. The van der Waals surface area contributed by atoms with E-state index in [0.29, 0.717) is 6.61 Å². The maximum Gasteiger partial charge on any atom is 0.329 e. The first-order valence-corrected chi connectivity index (χ1v) is 7.76. The molecule has 8 heteroatoms. The highest BCUT2D eigenvalue weighted by molar-refractivity contribution is 7.93. The molecule has 1 aromatic rings. The summed E-state index contributed by atoms with van der Waals surface area (Å²) in [7, 11) is -2.00. The molecule has 0 saturated carbocycles. The van der Waals surface area contributed by atoms with Crippen LogP contribution in [0.4, 0.5) is 0 Å². The monoisotopic (exact) mass is 278 g/mol. The predicted octanol–water partition coefficient (Wildman–Crippen LogP) is 0.889. The number of aromatic nitrogens is 2. The fourth-order valence-corrected chi connectivity index (χ4v) is 3.93. The van der Waals surface area contributed by atoms with Crippen molar-refractivity contribution in [2.75, 3.05) is 19.5 Å². The number of ether oxygens (including phenoxy) is 2. The molecule has 0 radical (unpaired) electrons. The minimum Gasteiger partial charge on any atom is -0.466 e. The van der Waals surface area contributed by atoms with Gasteiger partial charge in [0.2, 0.25) is 14.2 Å². The van der Waals surface area contributed by atoms with Crippen LogP contribution in [0, 0.1) is 0 Å². The van der Waals surface area contributed by atoms with Gasteiger partial charge in [0.25, 0.3) is 0 Å². The van der Waals surface area contributed by atoms with E-state index in [0.717, 1.165) is 30.8 Å². The second-order valence-electron chi connectivity index (χ2n) is 3.82. The average Bonchev–Trinajstić information content (AvgIpc) is 2.79. The Hall–Kier alpha value is -0.730. The van der Waals surface area contributed by atoms with Gasteiger partial charge < -0.3 is 9.47 Å². The van der Waals surface area contributed by atoms with Crippen LogP contribution in [0.25, 0.3) is 0 Å². The van der Waals surface area contributed by atoms with Gasteiger partial charge in [-0.25, -0.2) is 8.42 Å². The first-order chi connectivity index (χ1) is 8.12. The van der Waals surface area contributed by atoms with Crippen LogP contribution in [0.5, 0.6) is 6.01 Å². The Morgan fingerprint density at radius 2 is 2.35 bits per heavy atom. The Morgan fingerprint density at radius 3 is 2.94 bits per heavy atom. The fourth-order valence-electron chi connectivity index (χ4n) is 1.66. The predicted molar refractivity (Wildman–Crippen MR) is 62.1 cm³/mol. The molecular weight excluding hydrogens is 264 g/mol. The summed E-state index contributed by atoms with van der Waals surface area (Å²) < 4.78 is 38.0. The van der Waals surface area contributed by atoms with Crippen LogP contribution in [0.3, 0.4) is 0 Å². The van der Waals surface area contributed by atoms with Crippen molar-refractivity contribution in [1.82, 2.24) is 9.36 Å². The van der Waals surface area contributed by atoms with Gasteiger partial charge in [-0.3, -0.25) is 0 Å². The van der Waals surface area contributed by atoms with E-state index in [2.05, 4.69) is 9.36 Å². The minimum atomic E-state index is -3.41. The summed E-state index contributed by atoms with van der Waals surface area (Å²) in [6.45, 7) is 0.639. The lowest BCUT2D eigenvalue weighted by Crippen LogP contribution is -2.27. The van der Waals surface area contributed by atoms with Gasteiger partial charge in [-0.1, -0.05) is 0 Å². The molecule has 17 heavy (non-hydrogen) atoms. The quantitative estimate of drug-likeness (QED) is 0.814. The number of methoxy groups -OCH3 is 1. The number of hydrogen-bond donors (Lipinski definition) is 0. The van der Waals surface area contributed by atoms with E-state index in [4.69, 9.17) is 9.47 Å². The fraction of sp³-hybridized carbons (Fsp3) is 0.778. The zero-order valence-corrected chi connectivity index (χ0v) is 11.1. The van der Waals surface area contributed by atoms with E-state index >= 15 is 0 Å². The van der Waals surface area contributed by atoms with Crippen molar-refractivity contribution >= 4 is 21.4 Å². The summed E-state index contributed by atoms with van der Waals surface area (Å²) in [5.74, 6) is -0.0225. The highest BCUT2D eigenvalue weighted by Crippen LogP contribution is 2.21. The van der Waals surface area contributed by atoms with Crippen LogP contribution in [-0.4, -0.2) is 43.3 Å². The van der Waals surface area contributed by atoms with Gasteiger partial charge in [0.05, 0.1) is 19.0 Å². The second-order valence-corrected chi connectivity index (χ2v) is 6.78. The topological polar surface area (TPSA) is 78.4 Å². The number of hydrogen-bond acceptors (Lipinski definition) is 7. The van der Waals surface area contributed by atoms with Gasteiger partial charge in [0.15, 0.2) is 0 Å². The highest BCUT2D eigenvalue weighted by Gasteiger charge is 2.27. The Morgan fingerprint density at radius 1 is 1.53 bits per heavy atom. The van der Waals surface area contributed by atoms with E-state index < -0.39 is 9.84 Å². The largest absolute Gasteiger partial charge is 0.466 e. The number of sulfone groups is 1. The van der Waals surface area contributed by atoms with Crippen molar-refractivity contribution in [2.45, 2.75) is 29.7 Å². The first kappa shape index (κ1) is 12.7. The molecule has 0 amide bonds.